The Morgan fingerprint density at radius 3 is 2.36 bits per heavy atom. The van der Waals surface area contributed by atoms with Gasteiger partial charge in [-0.1, -0.05) is 33.8 Å². The van der Waals surface area contributed by atoms with Crippen LogP contribution in [0.1, 0.15) is 107 Å². The van der Waals surface area contributed by atoms with E-state index in [-0.39, 0.29) is 41.3 Å². The zero-order valence-corrected chi connectivity index (χ0v) is 25.6. The molecule has 4 fully saturated rings. The zero-order chi connectivity index (χ0) is 28.4. The van der Waals surface area contributed by atoms with Gasteiger partial charge < -0.3 is 24.1 Å². The highest BCUT2D eigenvalue weighted by molar-refractivity contribution is 5.97. The van der Waals surface area contributed by atoms with Crippen LogP contribution in [0.3, 0.4) is 0 Å². The van der Waals surface area contributed by atoms with E-state index in [0.717, 1.165) is 43.3 Å². The third-order valence-corrected chi connectivity index (χ3v) is 11.6. The van der Waals surface area contributed by atoms with E-state index in [2.05, 4.69) is 40.7 Å². The Kier molecular flexibility index (Phi) is 6.12. The number of hydrogen-bond donors (Lipinski definition) is 1. The third kappa shape index (κ3) is 3.95. The molecule has 0 aromatic heterocycles. The third-order valence-electron chi connectivity index (χ3n) is 11.6. The lowest BCUT2D eigenvalue weighted by molar-refractivity contribution is -0.184. The smallest absolute Gasteiger partial charge is 0.164 e. The summed E-state index contributed by atoms with van der Waals surface area (Å²) in [6.07, 6.45) is 9.64. The second kappa shape index (κ2) is 8.50. The van der Waals surface area contributed by atoms with Crippen molar-refractivity contribution in [2.45, 2.75) is 148 Å². The van der Waals surface area contributed by atoms with Gasteiger partial charge in [-0.3, -0.25) is 4.79 Å². The minimum atomic E-state index is -1.09. The quantitative estimate of drug-likeness (QED) is 0.452. The molecule has 0 amide bonds. The van der Waals surface area contributed by atoms with Gasteiger partial charge in [0.15, 0.2) is 17.4 Å². The Labute approximate surface area is 234 Å². The minimum Gasteiger partial charge on any atom is -0.385 e. The lowest BCUT2D eigenvalue weighted by Gasteiger charge is -2.57. The molecule has 0 aromatic rings. The fourth-order valence-corrected chi connectivity index (χ4v) is 9.81. The van der Waals surface area contributed by atoms with Crippen molar-refractivity contribution in [1.82, 2.24) is 0 Å². The standard InChI is InChI=1S/C33H50O6/c1-19(2)10-11-27-32(9,39-29(5,6)38-27)26-13-15-33(35)21-16-23(34)22-17-24-25(37-28(3,4)36-24)18-30(22,7)20(21)12-14-31(26,33)8/h12,16,19,22,24-27,35H,10-11,13-15,17-18H2,1-9H3/t22-,24+,25-,26-,27-,30+,31+,32+,33+/m0/s1. The Bertz CT molecular complexity index is 1120. The van der Waals surface area contributed by atoms with Crippen LogP contribution in [0.15, 0.2) is 23.3 Å². The number of aliphatic hydroxyl groups is 1. The molecule has 0 spiro atoms. The molecule has 2 saturated carbocycles. The van der Waals surface area contributed by atoms with Crippen molar-refractivity contribution in [1.29, 1.82) is 0 Å². The van der Waals surface area contributed by atoms with Crippen molar-refractivity contribution >= 4 is 5.78 Å². The van der Waals surface area contributed by atoms with E-state index in [1.54, 1.807) is 6.08 Å². The van der Waals surface area contributed by atoms with Crippen molar-refractivity contribution in [3.8, 4) is 0 Å². The lowest BCUT2D eigenvalue weighted by Crippen LogP contribution is -2.59. The molecular weight excluding hydrogens is 492 g/mol. The van der Waals surface area contributed by atoms with Crippen LogP contribution in [-0.2, 0) is 23.7 Å². The first-order chi connectivity index (χ1) is 17.9. The summed E-state index contributed by atoms with van der Waals surface area (Å²) in [6.45, 7) is 19.1. The van der Waals surface area contributed by atoms with Gasteiger partial charge in [0, 0.05) is 16.7 Å². The molecule has 1 N–H and O–H groups in total. The number of ketones is 1. The van der Waals surface area contributed by atoms with E-state index in [1.165, 1.54) is 0 Å². The first kappa shape index (κ1) is 28.1. The number of carbonyl (C=O) groups excluding carboxylic acids is 1. The number of hydrogen-bond acceptors (Lipinski definition) is 6. The average molecular weight is 543 g/mol. The van der Waals surface area contributed by atoms with Crippen LogP contribution >= 0.6 is 0 Å². The average Bonchev–Trinajstić information content (AvgIpc) is 3.35. The number of allylic oxidation sites excluding steroid dienone is 2. The Balaban J connectivity index is 1.36. The van der Waals surface area contributed by atoms with Crippen molar-refractivity contribution in [3.63, 3.8) is 0 Å². The van der Waals surface area contributed by atoms with Crippen LogP contribution in [0.25, 0.3) is 0 Å². The van der Waals surface area contributed by atoms with Gasteiger partial charge in [0.2, 0.25) is 0 Å². The monoisotopic (exact) mass is 542 g/mol. The maximum absolute atomic E-state index is 13.8. The van der Waals surface area contributed by atoms with E-state index in [0.29, 0.717) is 18.8 Å². The van der Waals surface area contributed by atoms with Gasteiger partial charge in [-0.2, -0.15) is 0 Å². The zero-order valence-electron chi connectivity index (χ0n) is 25.6. The maximum Gasteiger partial charge on any atom is 0.164 e. The summed E-state index contributed by atoms with van der Waals surface area (Å²) in [5.74, 6) is -0.647. The van der Waals surface area contributed by atoms with Crippen LogP contribution in [0.5, 0.6) is 0 Å². The minimum absolute atomic E-state index is 0.0357. The Morgan fingerprint density at radius 1 is 0.974 bits per heavy atom. The maximum atomic E-state index is 13.8. The predicted molar refractivity (Wildman–Crippen MR) is 149 cm³/mol. The molecular formula is C33H50O6. The molecule has 0 radical (unpaired) electrons. The summed E-state index contributed by atoms with van der Waals surface area (Å²) < 4.78 is 25.8. The molecule has 2 heterocycles. The second-order valence-electron chi connectivity index (χ2n) is 15.5. The SMILES string of the molecule is CC(C)CC[C@@H]1OC(C)(C)O[C@]1(C)[C@H]1CC[C@@]2(O)C3=CC(=O)[C@@H]4C[C@H]5OC(C)(C)O[C@H]5C[C@]4(C)C3=CC[C@]12C. The second-order valence-corrected chi connectivity index (χ2v) is 15.5. The van der Waals surface area contributed by atoms with E-state index in [9.17, 15) is 9.90 Å². The van der Waals surface area contributed by atoms with Crippen LogP contribution < -0.4 is 0 Å². The molecule has 39 heavy (non-hydrogen) atoms. The number of fused-ring (bicyclic) bond motifs is 6. The summed E-state index contributed by atoms with van der Waals surface area (Å²) in [6, 6.07) is 0. The molecule has 2 saturated heterocycles. The summed E-state index contributed by atoms with van der Waals surface area (Å²) >= 11 is 0. The fraction of sp³-hybridized carbons (Fsp3) is 0.848. The molecule has 0 unspecified atom stereocenters. The van der Waals surface area contributed by atoms with Crippen LogP contribution in [0.4, 0.5) is 0 Å². The highest BCUT2D eigenvalue weighted by Crippen LogP contribution is 2.68. The molecule has 0 aromatic carbocycles. The van der Waals surface area contributed by atoms with Crippen LogP contribution in [-0.4, -0.2) is 52.0 Å². The van der Waals surface area contributed by atoms with Gasteiger partial charge in [-0.05, 0) is 109 Å². The lowest BCUT2D eigenvalue weighted by atomic mass is 9.49. The van der Waals surface area contributed by atoms with E-state index in [4.69, 9.17) is 18.9 Å². The van der Waals surface area contributed by atoms with Gasteiger partial charge in [0.05, 0.1) is 29.5 Å². The van der Waals surface area contributed by atoms with Gasteiger partial charge >= 0.3 is 0 Å². The van der Waals surface area contributed by atoms with Gasteiger partial charge in [-0.15, -0.1) is 0 Å². The molecule has 4 aliphatic carbocycles. The molecule has 218 valence electrons. The molecule has 6 nitrogen and oxygen atoms in total. The molecule has 6 rings (SSSR count). The molecule has 9 atom stereocenters. The van der Waals surface area contributed by atoms with E-state index >= 15 is 0 Å². The predicted octanol–water partition coefficient (Wildman–Crippen LogP) is 6.26. The highest BCUT2D eigenvalue weighted by Gasteiger charge is 2.70. The first-order valence-corrected chi connectivity index (χ1v) is 15.4. The molecule has 2 aliphatic heterocycles. The highest BCUT2D eigenvalue weighted by atomic mass is 16.8. The normalized spacial score (nSPS) is 49.7. The topological polar surface area (TPSA) is 74.2 Å². The summed E-state index contributed by atoms with van der Waals surface area (Å²) in [5, 5.41) is 12.7. The van der Waals surface area contributed by atoms with Gasteiger partial charge in [0.1, 0.15) is 0 Å². The van der Waals surface area contributed by atoms with Crippen LogP contribution in [0, 0.1) is 28.6 Å². The van der Waals surface area contributed by atoms with E-state index in [1.807, 2.05) is 27.7 Å². The van der Waals surface area contributed by atoms with E-state index < -0.39 is 28.2 Å². The van der Waals surface area contributed by atoms with Crippen molar-refractivity contribution in [2.75, 3.05) is 0 Å². The van der Waals surface area contributed by atoms with Gasteiger partial charge in [-0.25, -0.2) is 0 Å². The Hall–Kier alpha value is -1.05. The number of ether oxygens (including phenoxy) is 4. The molecule has 6 heteroatoms. The fourth-order valence-electron chi connectivity index (χ4n) is 9.81. The first-order valence-electron chi connectivity index (χ1n) is 15.4. The summed E-state index contributed by atoms with van der Waals surface area (Å²) in [5.41, 5.74) is -0.444. The van der Waals surface area contributed by atoms with Crippen LogP contribution in [0.2, 0.25) is 0 Å². The van der Waals surface area contributed by atoms with Crippen molar-refractivity contribution in [2.24, 2.45) is 28.6 Å². The Morgan fingerprint density at radius 2 is 1.67 bits per heavy atom. The van der Waals surface area contributed by atoms with Gasteiger partial charge in [0.25, 0.3) is 0 Å². The largest absolute Gasteiger partial charge is 0.385 e. The summed E-state index contributed by atoms with van der Waals surface area (Å²) in [4.78, 5) is 13.8. The number of rotatable bonds is 4. The molecule has 6 aliphatic rings. The van der Waals surface area contributed by atoms with Crippen molar-refractivity contribution < 1.29 is 28.8 Å². The number of carbonyl (C=O) groups is 1. The van der Waals surface area contributed by atoms with Crippen molar-refractivity contribution in [3.05, 3.63) is 23.3 Å². The summed E-state index contributed by atoms with van der Waals surface area (Å²) in [7, 11) is 0. The molecule has 0 bridgehead atoms.